The normalized spacial score (nSPS) is 14.9. The molecule has 0 saturated heterocycles. The lowest BCUT2D eigenvalue weighted by molar-refractivity contribution is -0.145. The second kappa shape index (κ2) is 5.85. The van der Waals surface area contributed by atoms with E-state index in [1.54, 1.807) is 6.92 Å². The van der Waals surface area contributed by atoms with Crippen molar-refractivity contribution in [3.63, 3.8) is 0 Å². The van der Waals surface area contributed by atoms with Crippen LogP contribution in [0.25, 0.3) is 0 Å². The molecule has 102 valence electrons. The monoisotopic (exact) mass is 243 g/mol. The molecule has 0 amide bonds. The summed E-state index contributed by atoms with van der Waals surface area (Å²) >= 11 is 0. The third-order valence-electron chi connectivity index (χ3n) is 3.11. The number of carbonyl (C=O) groups is 1. The van der Waals surface area contributed by atoms with Gasteiger partial charge in [-0.25, -0.2) is 0 Å². The number of rotatable bonds is 4. The molecule has 0 saturated carbocycles. The standard InChI is InChI=1S/C14H29NO2/c1-10(15)12(16)17-9-8-11(13(2,3)4)14(5,6)7/h10-11H,8-9,15H2,1-7H3. The van der Waals surface area contributed by atoms with Gasteiger partial charge in [-0.3, -0.25) is 4.79 Å². The first-order valence-corrected chi connectivity index (χ1v) is 6.38. The minimum absolute atomic E-state index is 0.207. The van der Waals surface area contributed by atoms with E-state index in [-0.39, 0.29) is 16.8 Å². The van der Waals surface area contributed by atoms with Gasteiger partial charge in [0.25, 0.3) is 0 Å². The molecule has 1 unspecified atom stereocenters. The fourth-order valence-electron chi connectivity index (χ4n) is 2.57. The maximum Gasteiger partial charge on any atom is 0.322 e. The van der Waals surface area contributed by atoms with Crippen molar-refractivity contribution in [3.8, 4) is 0 Å². The summed E-state index contributed by atoms with van der Waals surface area (Å²) in [5.74, 6) is 0.183. The van der Waals surface area contributed by atoms with Crippen LogP contribution in [0.15, 0.2) is 0 Å². The van der Waals surface area contributed by atoms with E-state index in [9.17, 15) is 4.79 Å². The van der Waals surface area contributed by atoms with E-state index in [0.717, 1.165) is 6.42 Å². The molecule has 0 aromatic carbocycles. The number of carbonyl (C=O) groups excluding carboxylic acids is 1. The van der Waals surface area contributed by atoms with Gasteiger partial charge in [0, 0.05) is 0 Å². The summed E-state index contributed by atoms with van der Waals surface area (Å²) in [7, 11) is 0. The van der Waals surface area contributed by atoms with E-state index in [4.69, 9.17) is 10.5 Å². The summed E-state index contributed by atoms with van der Waals surface area (Å²) in [5.41, 5.74) is 5.86. The first-order valence-electron chi connectivity index (χ1n) is 6.38. The Kier molecular flexibility index (Phi) is 5.66. The van der Waals surface area contributed by atoms with Crippen LogP contribution in [0.3, 0.4) is 0 Å². The number of hydrogen-bond acceptors (Lipinski definition) is 3. The Hall–Kier alpha value is -0.570. The first-order chi connectivity index (χ1) is 7.46. The molecule has 1 atom stereocenters. The van der Waals surface area contributed by atoms with E-state index < -0.39 is 6.04 Å². The second-order valence-corrected chi connectivity index (χ2v) is 7.03. The van der Waals surface area contributed by atoms with E-state index >= 15 is 0 Å². The van der Waals surface area contributed by atoms with Gasteiger partial charge in [-0.15, -0.1) is 0 Å². The molecule has 0 radical (unpaired) electrons. The van der Waals surface area contributed by atoms with Crippen molar-refractivity contribution < 1.29 is 9.53 Å². The van der Waals surface area contributed by atoms with E-state index in [1.807, 2.05) is 0 Å². The van der Waals surface area contributed by atoms with Crippen LogP contribution >= 0.6 is 0 Å². The highest BCUT2D eigenvalue weighted by Gasteiger charge is 2.34. The van der Waals surface area contributed by atoms with Gasteiger partial charge in [-0.1, -0.05) is 41.5 Å². The Morgan fingerprint density at radius 2 is 1.53 bits per heavy atom. The molecule has 17 heavy (non-hydrogen) atoms. The Morgan fingerprint density at radius 1 is 1.12 bits per heavy atom. The highest BCUT2D eigenvalue weighted by Crippen LogP contribution is 2.41. The van der Waals surface area contributed by atoms with E-state index in [0.29, 0.717) is 12.5 Å². The zero-order valence-corrected chi connectivity index (χ0v) is 12.5. The van der Waals surface area contributed by atoms with E-state index in [2.05, 4.69) is 41.5 Å². The molecule has 0 heterocycles. The zero-order chi connectivity index (χ0) is 13.9. The number of hydrogen-bond donors (Lipinski definition) is 1. The average Bonchev–Trinajstić information content (AvgIpc) is 2.07. The van der Waals surface area contributed by atoms with Gasteiger partial charge in [0.15, 0.2) is 0 Å². The Morgan fingerprint density at radius 3 is 1.82 bits per heavy atom. The molecule has 3 heteroatoms. The molecule has 2 N–H and O–H groups in total. The first kappa shape index (κ1) is 16.4. The quantitative estimate of drug-likeness (QED) is 0.772. The molecule has 0 aromatic rings. The third kappa shape index (κ3) is 6.06. The predicted octanol–water partition coefficient (Wildman–Crippen LogP) is 2.98. The third-order valence-corrected chi connectivity index (χ3v) is 3.11. The van der Waals surface area contributed by atoms with Gasteiger partial charge in [0.05, 0.1) is 6.61 Å². The summed E-state index contributed by atoms with van der Waals surface area (Å²) in [6.45, 7) is 15.5. The smallest absolute Gasteiger partial charge is 0.322 e. The minimum Gasteiger partial charge on any atom is -0.465 e. The zero-order valence-electron chi connectivity index (χ0n) is 12.5. The van der Waals surface area contributed by atoms with Crippen molar-refractivity contribution in [1.82, 2.24) is 0 Å². The Bertz CT molecular complexity index is 232. The minimum atomic E-state index is -0.530. The van der Waals surface area contributed by atoms with Crippen LogP contribution < -0.4 is 5.73 Å². The molecular formula is C14H29NO2. The van der Waals surface area contributed by atoms with Crippen LogP contribution in [0.2, 0.25) is 0 Å². The van der Waals surface area contributed by atoms with Crippen LogP contribution in [-0.4, -0.2) is 18.6 Å². The number of nitrogens with two attached hydrogens (primary N) is 1. The summed E-state index contributed by atoms with van der Waals surface area (Å²) in [4.78, 5) is 11.3. The molecule has 0 fully saturated rings. The van der Waals surface area contributed by atoms with Crippen molar-refractivity contribution in [2.75, 3.05) is 6.61 Å². The predicted molar refractivity (Wildman–Crippen MR) is 71.6 cm³/mol. The maximum absolute atomic E-state index is 11.3. The Balaban J connectivity index is 4.36. The summed E-state index contributed by atoms with van der Waals surface area (Å²) in [6, 6.07) is -0.530. The fraction of sp³-hybridized carbons (Fsp3) is 0.929. The number of ether oxygens (including phenoxy) is 1. The van der Waals surface area contributed by atoms with Gasteiger partial charge < -0.3 is 10.5 Å². The van der Waals surface area contributed by atoms with Gasteiger partial charge in [0.2, 0.25) is 0 Å². The summed E-state index contributed by atoms with van der Waals surface area (Å²) < 4.78 is 5.16. The lowest BCUT2D eigenvalue weighted by Crippen LogP contribution is -2.35. The Labute approximate surface area is 106 Å². The molecule has 0 aromatic heterocycles. The van der Waals surface area contributed by atoms with Crippen molar-refractivity contribution in [2.45, 2.75) is 60.9 Å². The number of esters is 1. The van der Waals surface area contributed by atoms with Crippen molar-refractivity contribution >= 4 is 5.97 Å². The molecule has 0 spiro atoms. The molecule has 0 rings (SSSR count). The lowest BCUT2D eigenvalue weighted by Gasteiger charge is -2.40. The van der Waals surface area contributed by atoms with E-state index in [1.165, 1.54) is 0 Å². The van der Waals surface area contributed by atoms with Crippen LogP contribution in [0, 0.1) is 16.7 Å². The SMILES string of the molecule is CC(N)C(=O)OCCC(C(C)(C)C)C(C)(C)C. The highest BCUT2D eigenvalue weighted by molar-refractivity contribution is 5.74. The van der Waals surface area contributed by atoms with Crippen LogP contribution in [0.5, 0.6) is 0 Å². The van der Waals surface area contributed by atoms with Crippen LogP contribution in [-0.2, 0) is 9.53 Å². The van der Waals surface area contributed by atoms with Gasteiger partial charge in [0.1, 0.15) is 6.04 Å². The molecular weight excluding hydrogens is 214 g/mol. The van der Waals surface area contributed by atoms with Gasteiger partial charge in [-0.2, -0.15) is 0 Å². The summed E-state index contributed by atoms with van der Waals surface area (Å²) in [5, 5.41) is 0. The summed E-state index contributed by atoms with van der Waals surface area (Å²) in [6.07, 6.45) is 0.880. The molecule has 0 aliphatic heterocycles. The lowest BCUT2D eigenvalue weighted by atomic mass is 9.65. The average molecular weight is 243 g/mol. The van der Waals surface area contributed by atoms with Crippen LogP contribution in [0.1, 0.15) is 54.9 Å². The fourth-order valence-corrected chi connectivity index (χ4v) is 2.57. The molecule has 0 aliphatic carbocycles. The topological polar surface area (TPSA) is 52.3 Å². The van der Waals surface area contributed by atoms with Gasteiger partial charge in [-0.05, 0) is 30.1 Å². The molecule has 0 bridgehead atoms. The van der Waals surface area contributed by atoms with Crippen molar-refractivity contribution in [1.29, 1.82) is 0 Å². The molecule has 0 aliphatic rings. The van der Waals surface area contributed by atoms with Gasteiger partial charge >= 0.3 is 5.97 Å². The second-order valence-electron chi connectivity index (χ2n) is 7.03. The highest BCUT2D eigenvalue weighted by atomic mass is 16.5. The maximum atomic E-state index is 11.3. The van der Waals surface area contributed by atoms with Crippen molar-refractivity contribution in [2.24, 2.45) is 22.5 Å². The van der Waals surface area contributed by atoms with Crippen LogP contribution in [0.4, 0.5) is 0 Å². The molecule has 3 nitrogen and oxygen atoms in total. The van der Waals surface area contributed by atoms with Crippen molar-refractivity contribution in [3.05, 3.63) is 0 Å². The largest absolute Gasteiger partial charge is 0.465 e.